The van der Waals surface area contributed by atoms with Gasteiger partial charge in [0.25, 0.3) is 5.91 Å². The fourth-order valence-corrected chi connectivity index (χ4v) is 1.73. The van der Waals surface area contributed by atoms with Gasteiger partial charge in [0.15, 0.2) is 0 Å². The molecule has 0 aromatic heterocycles. The van der Waals surface area contributed by atoms with E-state index in [0.717, 1.165) is 13.0 Å². The van der Waals surface area contributed by atoms with Gasteiger partial charge in [0.2, 0.25) is 0 Å². The van der Waals surface area contributed by atoms with E-state index in [2.05, 4.69) is 10.6 Å². The average molecular weight is 261 g/mol. The minimum atomic E-state index is -0.169. The highest BCUT2D eigenvalue weighted by Gasteiger charge is 2.09. The van der Waals surface area contributed by atoms with Crippen LogP contribution >= 0.6 is 23.2 Å². The summed E-state index contributed by atoms with van der Waals surface area (Å²) in [5, 5.41) is 6.69. The fourth-order valence-electron chi connectivity index (χ4n) is 1.24. The molecular weight excluding hydrogens is 247 g/mol. The molecule has 16 heavy (non-hydrogen) atoms. The number of benzene rings is 1. The third-order valence-corrected chi connectivity index (χ3v) is 2.61. The van der Waals surface area contributed by atoms with Crippen LogP contribution < -0.4 is 10.6 Å². The molecule has 0 heterocycles. The molecule has 88 valence electrons. The summed E-state index contributed by atoms with van der Waals surface area (Å²) in [4.78, 5) is 11.7. The monoisotopic (exact) mass is 260 g/mol. The summed E-state index contributed by atoms with van der Waals surface area (Å²) in [5.74, 6) is -0.169. The normalized spacial score (nSPS) is 10.2. The Hall–Kier alpha value is -0.770. The molecule has 0 spiro atoms. The molecule has 0 atom stereocenters. The van der Waals surface area contributed by atoms with Crippen LogP contribution in [0.4, 0.5) is 0 Å². The van der Waals surface area contributed by atoms with Gasteiger partial charge in [0.1, 0.15) is 0 Å². The van der Waals surface area contributed by atoms with Crippen LogP contribution in [0.3, 0.4) is 0 Å². The predicted molar refractivity (Wildman–Crippen MR) is 67.3 cm³/mol. The Labute approximate surface area is 105 Å². The molecule has 1 amide bonds. The molecule has 1 rings (SSSR count). The first-order valence-electron chi connectivity index (χ1n) is 5.03. The Bertz CT molecular complexity index is 369. The lowest BCUT2D eigenvalue weighted by atomic mass is 10.2. The van der Waals surface area contributed by atoms with E-state index in [-0.39, 0.29) is 5.91 Å². The Balaban J connectivity index is 2.53. The number of amides is 1. The van der Waals surface area contributed by atoms with Gasteiger partial charge in [-0.2, -0.15) is 0 Å². The van der Waals surface area contributed by atoms with Crippen molar-refractivity contribution in [1.29, 1.82) is 0 Å². The molecule has 0 aliphatic rings. The Morgan fingerprint density at radius 2 is 2.06 bits per heavy atom. The SMILES string of the molecule is CNCCCNC(=O)c1ccc(Cl)cc1Cl. The summed E-state index contributed by atoms with van der Waals surface area (Å²) in [6, 6.07) is 4.83. The maximum atomic E-state index is 11.7. The summed E-state index contributed by atoms with van der Waals surface area (Å²) in [6.07, 6.45) is 0.882. The van der Waals surface area contributed by atoms with E-state index >= 15 is 0 Å². The minimum absolute atomic E-state index is 0.169. The number of carbonyl (C=O) groups is 1. The van der Waals surface area contributed by atoms with E-state index in [0.29, 0.717) is 22.2 Å². The molecule has 0 unspecified atom stereocenters. The van der Waals surface area contributed by atoms with Gasteiger partial charge in [-0.05, 0) is 38.2 Å². The number of hydrogen-bond acceptors (Lipinski definition) is 2. The molecule has 5 heteroatoms. The summed E-state index contributed by atoms with van der Waals surface area (Å²) in [5.41, 5.74) is 0.454. The van der Waals surface area contributed by atoms with E-state index in [1.165, 1.54) is 0 Å². The van der Waals surface area contributed by atoms with Crippen LogP contribution in [-0.4, -0.2) is 26.0 Å². The highest BCUT2D eigenvalue weighted by Crippen LogP contribution is 2.20. The highest BCUT2D eigenvalue weighted by molar-refractivity contribution is 6.36. The molecule has 1 aromatic rings. The first-order valence-corrected chi connectivity index (χ1v) is 5.78. The number of hydrogen-bond donors (Lipinski definition) is 2. The molecule has 0 bridgehead atoms. The zero-order valence-electron chi connectivity index (χ0n) is 9.02. The van der Waals surface area contributed by atoms with Gasteiger partial charge >= 0.3 is 0 Å². The molecule has 0 saturated heterocycles. The van der Waals surface area contributed by atoms with Gasteiger partial charge in [-0.25, -0.2) is 0 Å². The molecule has 2 N–H and O–H groups in total. The van der Waals surface area contributed by atoms with Crippen molar-refractivity contribution in [2.75, 3.05) is 20.1 Å². The van der Waals surface area contributed by atoms with Gasteiger partial charge in [-0.1, -0.05) is 23.2 Å². The first kappa shape index (κ1) is 13.3. The number of halogens is 2. The van der Waals surface area contributed by atoms with Gasteiger partial charge < -0.3 is 10.6 Å². The van der Waals surface area contributed by atoms with E-state index in [1.807, 2.05) is 7.05 Å². The van der Waals surface area contributed by atoms with Gasteiger partial charge in [0, 0.05) is 11.6 Å². The van der Waals surface area contributed by atoms with E-state index in [4.69, 9.17) is 23.2 Å². The fraction of sp³-hybridized carbons (Fsp3) is 0.364. The standard InChI is InChI=1S/C11H14Cl2N2O/c1-14-5-2-6-15-11(16)9-4-3-8(12)7-10(9)13/h3-4,7,14H,2,5-6H2,1H3,(H,15,16). The summed E-state index contributed by atoms with van der Waals surface area (Å²) in [7, 11) is 1.87. The molecular formula is C11H14Cl2N2O. The molecule has 1 aromatic carbocycles. The maximum Gasteiger partial charge on any atom is 0.252 e. The molecule has 0 aliphatic heterocycles. The first-order chi connectivity index (χ1) is 7.65. The summed E-state index contributed by atoms with van der Waals surface area (Å²) in [6.45, 7) is 1.49. The highest BCUT2D eigenvalue weighted by atomic mass is 35.5. The molecule has 3 nitrogen and oxygen atoms in total. The third-order valence-electron chi connectivity index (χ3n) is 2.06. The van der Waals surface area contributed by atoms with Crippen LogP contribution in [0.2, 0.25) is 10.0 Å². The second-order valence-electron chi connectivity index (χ2n) is 3.34. The van der Waals surface area contributed by atoms with Gasteiger partial charge in [-0.15, -0.1) is 0 Å². The number of carbonyl (C=O) groups excluding carboxylic acids is 1. The zero-order valence-corrected chi connectivity index (χ0v) is 10.5. The molecule has 0 aliphatic carbocycles. The molecule has 0 fully saturated rings. The van der Waals surface area contributed by atoms with Crippen molar-refractivity contribution in [3.05, 3.63) is 33.8 Å². The second kappa shape index (κ2) is 6.74. The summed E-state index contributed by atoms with van der Waals surface area (Å²) >= 11 is 11.6. The minimum Gasteiger partial charge on any atom is -0.352 e. The summed E-state index contributed by atoms with van der Waals surface area (Å²) < 4.78 is 0. The zero-order chi connectivity index (χ0) is 12.0. The Morgan fingerprint density at radius 1 is 1.31 bits per heavy atom. The largest absolute Gasteiger partial charge is 0.352 e. The predicted octanol–water partition coefficient (Wildman–Crippen LogP) is 2.33. The van der Waals surface area contributed by atoms with Crippen LogP contribution in [0, 0.1) is 0 Å². The Kier molecular flexibility index (Phi) is 5.60. The van der Waals surface area contributed by atoms with Crippen molar-refractivity contribution in [2.45, 2.75) is 6.42 Å². The number of nitrogens with one attached hydrogen (secondary N) is 2. The van der Waals surface area contributed by atoms with Crippen LogP contribution in [0.5, 0.6) is 0 Å². The van der Waals surface area contributed by atoms with Crippen molar-refractivity contribution in [1.82, 2.24) is 10.6 Å². The van der Waals surface area contributed by atoms with Gasteiger partial charge in [0.05, 0.1) is 10.6 Å². The van der Waals surface area contributed by atoms with Crippen LogP contribution in [-0.2, 0) is 0 Å². The lowest BCUT2D eigenvalue weighted by Gasteiger charge is -2.06. The van der Waals surface area contributed by atoms with Crippen LogP contribution in [0.15, 0.2) is 18.2 Å². The van der Waals surface area contributed by atoms with Crippen molar-refractivity contribution in [3.8, 4) is 0 Å². The smallest absolute Gasteiger partial charge is 0.252 e. The molecule has 0 saturated carbocycles. The lowest BCUT2D eigenvalue weighted by molar-refractivity contribution is 0.0953. The number of rotatable bonds is 5. The van der Waals surface area contributed by atoms with E-state index < -0.39 is 0 Å². The van der Waals surface area contributed by atoms with Crippen molar-refractivity contribution < 1.29 is 4.79 Å². The van der Waals surface area contributed by atoms with E-state index in [1.54, 1.807) is 18.2 Å². The van der Waals surface area contributed by atoms with E-state index in [9.17, 15) is 4.79 Å². The quantitative estimate of drug-likeness (QED) is 0.799. The molecule has 0 radical (unpaired) electrons. The Morgan fingerprint density at radius 3 is 2.69 bits per heavy atom. The van der Waals surface area contributed by atoms with Gasteiger partial charge in [-0.3, -0.25) is 4.79 Å². The van der Waals surface area contributed by atoms with Crippen molar-refractivity contribution >= 4 is 29.1 Å². The third kappa shape index (κ3) is 4.00. The second-order valence-corrected chi connectivity index (χ2v) is 4.18. The lowest BCUT2D eigenvalue weighted by Crippen LogP contribution is -2.26. The topological polar surface area (TPSA) is 41.1 Å². The van der Waals surface area contributed by atoms with Crippen LogP contribution in [0.1, 0.15) is 16.8 Å². The van der Waals surface area contributed by atoms with Crippen molar-refractivity contribution in [2.24, 2.45) is 0 Å². The maximum absolute atomic E-state index is 11.7. The van der Waals surface area contributed by atoms with Crippen LogP contribution in [0.25, 0.3) is 0 Å². The van der Waals surface area contributed by atoms with Crippen molar-refractivity contribution in [3.63, 3.8) is 0 Å². The average Bonchev–Trinajstić information content (AvgIpc) is 2.24.